The minimum absolute atomic E-state index is 0.706. The number of anilines is 1. The molecule has 0 saturated heterocycles. The van der Waals surface area contributed by atoms with Gasteiger partial charge in [-0.15, -0.1) is 0 Å². The molecule has 0 radical (unpaired) electrons. The summed E-state index contributed by atoms with van der Waals surface area (Å²) >= 11 is 0. The zero-order valence-electron chi connectivity index (χ0n) is 9.56. The van der Waals surface area contributed by atoms with Gasteiger partial charge in [0.2, 0.25) is 0 Å². The Balaban J connectivity index is 2.46. The highest BCUT2D eigenvalue weighted by atomic mass is 16.5. The largest absolute Gasteiger partial charge is 0.495 e. The lowest BCUT2D eigenvalue weighted by Gasteiger charge is -2.04. The molecular formula is C11H14N4O. The molecule has 16 heavy (non-hydrogen) atoms. The smallest absolute Gasteiger partial charge is 0.153 e. The zero-order valence-corrected chi connectivity index (χ0v) is 9.56. The summed E-state index contributed by atoms with van der Waals surface area (Å²) in [5.74, 6) is 1.45. The third-order valence-corrected chi connectivity index (χ3v) is 2.52. The second-order valence-electron chi connectivity index (χ2n) is 3.55. The molecule has 0 fully saturated rings. The summed E-state index contributed by atoms with van der Waals surface area (Å²) in [5, 5.41) is 4.32. The Morgan fingerprint density at radius 3 is 2.50 bits per heavy atom. The van der Waals surface area contributed by atoms with Crippen LogP contribution < -0.4 is 10.5 Å². The lowest BCUT2D eigenvalue weighted by molar-refractivity contribution is 0.412. The predicted octanol–water partition coefficient (Wildman–Crippen LogP) is 1.47. The molecule has 5 nitrogen and oxygen atoms in total. The first-order valence-corrected chi connectivity index (χ1v) is 4.95. The van der Waals surface area contributed by atoms with Crippen LogP contribution in [0.3, 0.4) is 0 Å². The molecule has 0 saturated carbocycles. The van der Waals surface area contributed by atoms with E-state index in [0.29, 0.717) is 5.69 Å². The second kappa shape index (κ2) is 3.84. The molecule has 2 heterocycles. The van der Waals surface area contributed by atoms with Crippen LogP contribution >= 0.6 is 0 Å². The van der Waals surface area contributed by atoms with Gasteiger partial charge in [0.25, 0.3) is 0 Å². The third-order valence-electron chi connectivity index (χ3n) is 2.52. The van der Waals surface area contributed by atoms with Crippen molar-refractivity contribution in [2.75, 3.05) is 12.8 Å². The first-order chi connectivity index (χ1) is 7.63. The minimum Gasteiger partial charge on any atom is -0.495 e. The van der Waals surface area contributed by atoms with Gasteiger partial charge in [-0.1, -0.05) is 0 Å². The Hall–Kier alpha value is -2.04. The van der Waals surface area contributed by atoms with Crippen molar-refractivity contribution in [3.63, 3.8) is 0 Å². The zero-order chi connectivity index (χ0) is 11.7. The van der Waals surface area contributed by atoms with Gasteiger partial charge in [0, 0.05) is 0 Å². The van der Waals surface area contributed by atoms with Crippen molar-refractivity contribution >= 4 is 5.69 Å². The Bertz CT molecular complexity index is 501. The van der Waals surface area contributed by atoms with E-state index in [1.54, 1.807) is 18.0 Å². The molecule has 0 aliphatic rings. The van der Waals surface area contributed by atoms with Crippen LogP contribution in [0.4, 0.5) is 5.69 Å². The lowest BCUT2D eigenvalue weighted by atomic mass is 10.3. The average molecular weight is 218 g/mol. The van der Waals surface area contributed by atoms with E-state index in [1.807, 2.05) is 26.0 Å². The molecule has 2 aromatic heterocycles. The van der Waals surface area contributed by atoms with Crippen LogP contribution in [0.1, 0.15) is 11.4 Å². The summed E-state index contributed by atoms with van der Waals surface area (Å²) in [6.45, 7) is 3.80. The van der Waals surface area contributed by atoms with Gasteiger partial charge in [-0.2, -0.15) is 5.10 Å². The highest BCUT2D eigenvalue weighted by Crippen LogP contribution is 2.19. The number of nitrogens with zero attached hydrogens (tertiary/aromatic N) is 3. The Labute approximate surface area is 93.9 Å². The lowest BCUT2D eigenvalue weighted by Crippen LogP contribution is -2.02. The summed E-state index contributed by atoms with van der Waals surface area (Å²) in [4.78, 5) is 4.25. The van der Waals surface area contributed by atoms with Crippen molar-refractivity contribution in [1.82, 2.24) is 14.8 Å². The molecule has 0 spiro atoms. The Kier molecular flexibility index (Phi) is 2.52. The van der Waals surface area contributed by atoms with Gasteiger partial charge in [-0.25, -0.2) is 9.67 Å². The van der Waals surface area contributed by atoms with E-state index in [0.717, 1.165) is 23.0 Å². The number of aromatic nitrogens is 3. The molecule has 0 aliphatic carbocycles. The summed E-state index contributed by atoms with van der Waals surface area (Å²) in [7, 11) is 1.61. The van der Waals surface area contributed by atoms with Crippen LogP contribution in [0.2, 0.25) is 0 Å². The molecular weight excluding hydrogens is 204 g/mol. The molecule has 0 aromatic carbocycles. The fraction of sp³-hybridized carbons (Fsp3) is 0.273. The maximum atomic E-state index is 5.86. The highest BCUT2D eigenvalue weighted by molar-refractivity contribution is 5.49. The number of pyridine rings is 1. The number of nitrogens with two attached hydrogens (primary N) is 1. The first-order valence-electron chi connectivity index (χ1n) is 4.95. The quantitative estimate of drug-likeness (QED) is 0.829. The molecule has 2 N–H and O–H groups in total. The van der Waals surface area contributed by atoms with Crippen LogP contribution in [0, 0.1) is 13.8 Å². The number of hydrogen-bond acceptors (Lipinski definition) is 4. The number of rotatable bonds is 2. The number of ether oxygens (including phenoxy) is 1. The van der Waals surface area contributed by atoms with E-state index in [2.05, 4.69) is 10.1 Å². The van der Waals surface area contributed by atoms with E-state index in [-0.39, 0.29) is 0 Å². The predicted molar refractivity (Wildman–Crippen MR) is 61.8 cm³/mol. The number of methoxy groups -OCH3 is 1. The van der Waals surface area contributed by atoms with E-state index in [9.17, 15) is 0 Å². The highest BCUT2D eigenvalue weighted by Gasteiger charge is 2.10. The number of nitrogen functional groups attached to an aromatic ring is 1. The molecule has 5 heteroatoms. The van der Waals surface area contributed by atoms with Crippen LogP contribution in [0.25, 0.3) is 5.82 Å². The number of hydrogen-bond donors (Lipinski definition) is 1. The maximum Gasteiger partial charge on any atom is 0.153 e. The van der Waals surface area contributed by atoms with Crippen molar-refractivity contribution in [3.05, 3.63) is 29.7 Å². The van der Waals surface area contributed by atoms with Gasteiger partial charge >= 0.3 is 0 Å². The van der Waals surface area contributed by atoms with Crippen LogP contribution in [0.15, 0.2) is 18.3 Å². The first kappa shape index (κ1) is 10.5. The molecule has 84 valence electrons. The van der Waals surface area contributed by atoms with Crippen molar-refractivity contribution in [3.8, 4) is 11.6 Å². The molecule has 0 atom stereocenters. The molecule has 0 aliphatic heterocycles. The molecule has 0 unspecified atom stereocenters. The molecule has 2 aromatic rings. The van der Waals surface area contributed by atoms with Crippen molar-refractivity contribution in [1.29, 1.82) is 0 Å². The SMILES string of the molecule is COc1ccc(-n2nc(C)c(N)c2C)nc1. The summed E-state index contributed by atoms with van der Waals surface area (Å²) in [6.07, 6.45) is 1.65. The van der Waals surface area contributed by atoms with Gasteiger partial charge in [-0.3, -0.25) is 0 Å². The van der Waals surface area contributed by atoms with Crippen LogP contribution in [0.5, 0.6) is 5.75 Å². The second-order valence-corrected chi connectivity index (χ2v) is 3.55. The van der Waals surface area contributed by atoms with E-state index in [1.165, 1.54) is 0 Å². The minimum atomic E-state index is 0.706. The van der Waals surface area contributed by atoms with Gasteiger partial charge in [0.05, 0.1) is 30.4 Å². The Morgan fingerprint density at radius 2 is 2.06 bits per heavy atom. The average Bonchev–Trinajstić information content (AvgIpc) is 2.57. The summed E-state index contributed by atoms with van der Waals surface area (Å²) < 4.78 is 6.77. The molecule has 0 bridgehead atoms. The van der Waals surface area contributed by atoms with E-state index < -0.39 is 0 Å². The van der Waals surface area contributed by atoms with Crippen LogP contribution in [-0.4, -0.2) is 21.9 Å². The molecule has 0 amide bonds. The monoisotopic (exact) mass is 218 g/mol. The van der Waals surface area contributed by atoms with Crippen molar-refractivity contribution in [2.45, 2.75) is 13.8 Å². The van der Waals surface area contributed by atoms with E-state index >= 15 is 0 Å². The topological polar surface area (TPSA) is 66.0 Å². The normalized spacial score (nSPS) is 10.4. The molecule has 2 rings (SSSR count). The van der Waals surface area contributed by atoms with Crippen molar-refractivity contribution < 1.29 is 4.74 Å². The Morgan fingerprint density at radius 1 is 1.31 bits per heavy atom. The van der Waals surface area contributed by atoms with Crippen LogP contribution in [-0.2, 0) is 0 Å². The van der Waals surface area contributed by atoms with Gasteiger partial charge in [0.1, 0.15) is 5.75 Å². The van der Waals surface area contributed by atoms with Gasteiger partial charge in [-0.05, 0) is 26.0 Å². The van der Waals surface area contributed by atoms with Gasteiger partial charge in [0.15, 0.2) is 5.82 Å². The van der Waals surface area contributed by atoms with Crippen molar-refractivity contribution in [2.24, 2.45) is 0 Å². The summed E-state index contributed by atoms with van der Waals surface area (Å²) in [5.41, 5.74) is 8.28. The number of aryl methyl sites for hydroxylation is 1. The fourth-order valence-corrected chi connectivity index (χ4v) is 1.50. The third kappa shape index (κ3) is 1.60. The summed E-state index contributed by atoms with van der Waals surface area (Å²) in [6, 6.07) is 3.69. The standard InChI is InChI=1S/C11H14N4O/c1-7-11(12)8(2)15(14-7)10-5-4-9(16-3)6-13-10/h4-6H,12H2,1-3H3. The van der Waals surface area contributed by atoms with Gasteiger partial charge < -0.3 is 10.5 Å². The maximum absolute atomic E-state index is 5.86. The van der Waals surface area contributed by atoms with E-state index in [4.69, 9.17) is 10.5 Å². The fourth-order valence-electron chi connectivity index (χ4n) is 1.50.